The largest absolute Gasteiger partial charge is 0.386 e. The molecule has 0 spiro atoms. The van der Waals surface area contributed by atoms with Gasteiger partial charge in [0.2, 0.25) is 0 Å². The first-order valence-electron chi connectivity index (χ1n) is 6.19. The highest BCUT2D eigenvalue weighted by atomic mass is 16.6. The Hall–Kier alpha value is -0.860. The summed E-state index contributed by atoms with van der Waals surface area (Å²) in [6.45, 7) is 0.674. The summed E-state index contributed by atoms with van der Waals surface area (Å²) in [6, 6.07) is 10.2. The SMILES string of the molecule is OC1(C2(c3ccccc3)CO2)CCCCC1. The molecule has 3 rings (SSSR count). The molecule has 0 radical (unpaired) electrons. The lowest BCUT2D eigenvalue weighted by Crippen LogP contribution is -2.45. The Morgan fingerprint density at radius 2 is 1.62 bits per heavy atom. The highest BCUT2D eigenvalue weighted by Crippen LogP contribution is 2.53. The van der Waals surface area contributed by atoms with E-state index in [4.69, 9.17) is 4.74 Å². The molecule has 1 unspecified atom stereocenters. The van der Waals surface area contributed by atoms with Crippen molar-refractivity contribution in [2.75, 3.05) is 6.61 Å². The number of benzene rings is 1. The molecule has 1 aromatic rings. The van der Waals surface area contributed by atoms with Gasteiger partial charge in [-0.2, -0.15) is 0 Å². The minimum Gasteiger partial charge on any atom is -0.386 e. The van der Waals surface area contributed by atoms with Crippen molar-refractivity contribution in [3.63, 3.8) is 0 Å². The summed E-state index contributed by atoms with van der Waals surface area (Å²) in [5.41, 5.74) is 0.112. The molecule has 2 heteroatoms. The van der Waals surface area contributed by atoms with E-state index in [2.05, 4.69) is 12.1 Å². The number of hydrogen-bond donors (Lipinski definition) is 1. The van der Waals surface area contributed by atoms with Crippen LogP contribution in [0, 0.1) is 0 Å². The summed E-state index contributed by atoms with van der Waals surface area (Å²) in [6.07, 6.45) is 5.24. The van der Waals surface area contributed by atoms with Crippen molar-refractivity contribution in [2.24, 2.45) is 0 Å². The maximum atomic E-state index is 10.8. The standard InChI is InChI=1S/C14H18O2/c15-13(9-5-2-6-10-13)14(11-16-14)12-7-3-1-4-8-12/h1,3-4,7-8,15H,2,5-6,9-11H2. The molecule has 0 aromatic heterocycles. The van der Waals surface area contributed by atoms with Crippen LogP contribution in [-0.2, 0) is 10.3 Å². The van der Waals surface area contributed by atoms with Gasteiger partial charge < -0.3 is 9.84 Å². The van der Waals surface area contributed by atoms with E-state index in [0.29, 0.717) is 6.61 Å². The van der Waals surface area contributed by atoms with Gasteiger partial charge in [-0.15, -0.1) is 0 Å². The number of epoxide rings is 1. The second-order valence-electron chi connectivity index (χ2n) is 5.07. The molecule has 2 fully saturated rings. The molecule has 0 amide bonds. The van der Waals surface area contributed by atoms with E-state index in [1.165, 1.54) is 6.42 Å². The summed E-state index contributed by atoms with van der Waals surface area (Å²) < 4.78 is 5.67. The van der Waals surface area contributed by atoms with E-state index in [1.54, 1.807) is 0 Å². The molecule has 1 heterocycles. The van der Waals surface area contributed by atoms with Gasteiger partial charge in [-0.05, 0) is 18.4 Å². The van der Waals surface area contributed by atoms with Crippen LogP contribution in [0.15, 0.2) is 30.3 Å². The zero-order valence-corrected chi connectivity index (χ0v) is 9.48. The smallest absolute Gasteiger partial charge is 0.145 e. The van der Waals surface area contributed by atoms with Gasteiger partial charge in [0, 0.05) is 0 Å². The first-order valence-corrected chi connectivity index (χ1v) is 6.19. The molecular weight excluding hydrogens is 200 g/mol. The summed E-state index contributed by atoms with van der Waals surface area (Å²) >= 11 is 0. The molecule has 1 N–H and O–H groups in total. The summed E-state index contributed by atoms with van der Waals surface area (Å²) in [4.78, 5) is 0. The number of rotatable bonds is 2. The summed E-state index contributed by atoms with van der Waals surface area (Å²) in [5.74, 6) is 0. The van der Waals surface area contributed by atoms with Crippen LogP contribution in [0.25, 0.3) is 0 Å². The van der Waals surface area contributed by atoms with Crippen LogP contribution in [0.2, 0.25) is 0 Å². The highest BCUT2D eigenvalue weighted by molar-refractivity contribution is 5.31. The molecule has 1 aliphatic carbocycles. The molecular formula is C14H18O2. The van der Waals surface area contributed by atoms with Gasteiger partial charge in [0.05, 0.1) is 6.61 Å². The van der Waals surface area contributed by atoms with Crippen LogP contribution in [-0.4, -0.2) is 17.3 Å². The lowest BCUT2D eigenvalue weighted by atomic mass is 9.73. The maximum absolute atomic E-state index is 10.8. The lowest BCUT2D eigenvalue weighted by molar-refractivity contribution is -0.0681. The monoisotopic (exact) mass is 218 g/mol. The van der Waals surface area contributed by atoms with Crippen LogP contribution in [0.5, 0.6) is 0 Å². The molecule has 1 aliphatic heterocycles. The van der Waals surface area contributed by atoms with Crippen molar-refractivity contribution >= 4 is 0 Å². The van der Waals surface area contributed by atoms with E-state index in [9.17, 15) is 5.11 Å². The Bertz CT molecular complexity index is 362. The topological polar surface area (TPSA) is 32.8 Å². The normalized spacial score (nSPS) is 32.3. The first-order chi connectivity index (χ1) is 7.77. The molecule has 0 bridgehead atoms. The third-order valence-electron chi connectivity index (χ3n) is 4.11. The fourth-order valence-electron chi connectivity index (χ4n) is 3.02. The minimum atomic E-state index is -0.632. The third-order valence-corrected chi connectivity index (χ3v) is 4.11. The van der Waals surface area contributed by atoms with Gasteiger partial charge in [0.25, 0.3) is 0 Å². The number of hydrogen-bond acceptors (Lipinski definition) is 2. The highest BCUT2D eigenvalue weighted by Gasteiger charge is 2.61. The average Bonchev–Trinajstić information content (AvgIpc) is 3.13. The Kier molecular flexibility index (Phi) is 2.30. The quantitative estimate of drug-likeness (QED) is 0.774. The molecule has 1 atom stereocenters. The minimum absolute atomic E-state index is 0.394. The third kappa shape index (κ3) is 1.40. The van der Waals surface area contributed by atoms with Crippen molar-refractivity contribution in [1.29, 1.82) is 0 Å². The van der Waals surface area contributed by atoms with E-state index in [-0.39, 0.29) is 0 Å². The predicted molar refractivity (Wildman–Crippen MR) is 62.1 cm³/mol. The predicted octanol–water partition coefficient (Wildman–Crippen LogP) is 2.61. The Labute approximate surface area is 96.2 Å². The Morgan fingerprint density at radius 3 is 2.19 bits per heavy atom. The zero-order valence-electron chi connectivity index (χ0n) is 9.48. The van der Waals surface area contributed by atoms with E-state index >= 15 is 0 Å². The summed E-state index contributed by atoms with van der Waals surface area (Å²) in [5, 5.41) is 10.8. The van der Waals surface area contributed by atoms with Crippen molar-refractivity contribution in [3.05, 3.63) is 35.9 Å². The summed E-state index contributed by atoms with van der Waals surface area (Å²) in [7, 11) is 0. The van der Waals surface area contributed by atoms with Gasteiger partial charge in [0.15, 0.2) is 0 Å². The molecule has 16 heavy (non-hydrogen) atoms. The van der Waals surface area contributed by atoms with Gasteiger partial charge >= 0.3 is 0 Å². The van der Waals surface area contributed by atoms with Gasteiger partial charge in [-0.3, -0.25) is 0 Å². The molecule has 1 saturated carbocycles. The van der Waals surface area contributed by atoms with E-state index < -0.39 is 11.2 Å². The van der Waals surface area contributed by atoms with Gasteiger partial charge in [0.1, 0.15) is 11.2 Å². The van der Waals surface area contributed by atoms with Crippen molar-refractivity contribution in [3.8, 4) is 0 Å². The lowest BCUT2D eigenvalue weighted by Gasteiger charge is -2.37. The second-order valence-corrected chi connectivity index (χ2v) is 5.07. The van der Waals surface area contributed by atoms with Gasteiger partial charge in [-0.25, -0.2) is 0 Å². The van der Waals surface area contributed by atoms with E-state index in [1.807, 2.05) is 18.2 Å². The molecule has 2 aliphatic rings. The van der Waals surface area contributed by atoms with Crippen molar-refractivity contribution < 1.29 is 9.84 Å². The average molecular weight is 218 g/mol. The van der Waals surface area contributed by atoms with Gasteiger partial charge in [-0.1, -0.05) is 49.6 Å². The zero-order chi connectivity index (χ0) is 11.1. The second kappa shape index (κ2) is 3.57. The van der Waals surface area contributed by atoms with E-state index in [0.717, 1.165) is 31.2 Å². The Morgan fingerprint density at radius 1 is 1.00 bits per heavy atom. The number of aliphatic hydroxyl groups is 1. The molecule has 2 nitrogen and oxygen atoms in total. The fourth-order valence-corrected chi connectivity index (χ4v) is 3.02. The molecule has 1 saturated heterocycles. The van der Waals surface area contributed by atoms with Crippen LogP contribution in [0.1, 0.15) is 37.7 Å². The van der Waals surface area contributed by atoms with Crippen LogP contribution in [0.3, 0.4) is 0 Å². The maximum Gasteiger partial charge on any atom is 0.145 e. The van der Waals surface area contributed by atoms with Crippen LogP contribution < -0.4 is 0 Å². The molecule has 1 aromatic carbocycles. The van der Waals surface area contributed by atoms with Crippen molar-refractivity contribution in [2.45, 2.75) is 43.3 Å². The van der Waals surface area contributed by atoms with Crippen LogP contribution >= 0.6 is 0 Å². The molecule has 86 valence electrons. The Balaban J connectivity index is 1.93. The number of ether oxygens (including phenoxy) is 1. The first kappa shape index (κ1) is 10.3. The van der Waals surface area contributed by atoms with Crippen molar-refractivity contribution in [1.82, 2.24) is 0 Å². The van der Waals surface area contributed by atoms with Crippen LogP contribution in [0.4, 0.5) is 0 Å². The fraction of sp³-hybridized carbons (Fsp3) is 0.571.